The molecule has 0 radical (unpaired) electrons. The van der Waals surface area contributed by atoms with E-state index in [9.17, 15) is 14.4 Å². The van der Waals surface area contributed by atoms with Crippen LogP contribution in [-0.2, 0) is 9.59 Å². The van der Waals surface area contributed by atoms with Crippen molar-refractivity contribution in [1.82, 2.24) is 5.32 Å². The summed E-state index contributed by atoms with van der Waals surface area (Å²) in [5.41, 5.74) is 1.04. The lowest BCUT2D eigenvalue weighted by Gasteiger charge is -2.21. The third-order valence-corrected chi connectivity index (χ3v) is 4.23. The Morgan fingerprint density at radius 1 is 0.903 bits per heavy atom. The van der Waals surface area contributed by atoms with Crippen LogP contribution < -0.4 is 25.6 Å². The van der Waals surface area contributed by atoms with Crippen molar-refractivity contribution in [3.63, 3.8) is 0 Å². The van der Waals surface area contributed by atoms with Gasteiger partial charge in [0.15, 0.2) is 13.1 Å². The first-order valence-corrected chi connectivity index (χ1v) is 10.0. The van der Waals surface area contributed by atoms with Gasteiger partial charge in [0.25, 0.3) is 17.7 Å². The largest absolute Gasteiger partial charge is 0.497 e. The van der Waals surface area contributed by atoms with Crippen LogP contribution in [-0.4, -0.2) is 50.5 Å². The van der Waals surface area contributed by atoms with Crippen LogP contribution in [0.5, 0.6) is 5.75 Å². The van der Waals surface area contributed by atoms with Gasteiger partial charge in [-0.1, -0.05) is 12.1 Å². The minimum absolute atomic E-state index is 0.0893. The molecule has 0 saturated carbocycles. The number of quaternary nitrogens is 1. The third-order valence-electron chi connectivity index (χ3n) is 4.23. The van der Waals surface area contributed by atoms with Gasteiger partial charge >= 0.3 is 0 Å². The number of rotatable bonds is 8. The van der Waals surface area contributed by atoms with E-state index >= 15 is 0 Å². The zero-order valence-corrected chi connectivity index (χ0v) is 18.7. The molecular weight excluding hydrogens is 396 g/mol. The Hall–Kier alpha value is -3.39. The number of methoxy groups -OCH3 is 1. The van der Waals surface area contributed by atoms with E-state index in [0.29, 0.717) is 22.7 Å². The molecule has 8 nitrogen and oxygen atoms in total. The molecule has 1 unspecified atom stereocenters. The molecule has 2 aromatic rings. The number of likely N-dealkylation sites (N-methyl/N-ethyl adjacent to an activating group) is 1. The number of nitrogens with one attached hydrogen (secondary N) is 4. The highest BCUT2D eigenvalue weighted by atomic mass is 16.5. The average Bonchev–Trinajstić information content (AvgIpc) is 2.67. The zero-order valence-electron chi connectivity index (χ0n) is 18.7. The quantitative estimate of drug-likeness (QED) is 0.510. The first-order chi connectivity index (χ1) is 14.6. The lowest BCUT2D eigenvalue weighted by Crippen LogP contribution is -3.11. The van der Waals surface area contributed by atoms with E-state index < -0.39 is 0 Å². The topological polar surface area (TPSA) is 101 Å². The van der Waals surface area contributed by atoms with Crippen molar-refractivity contribution in [3.05, 3.63) is 54.1 Å². The van der Waals surface area contributed by atoms with Gasteiger partial charge in [-0.15, -0.1) is 0 Å². The molecule has 1 atom stereocenters. The van der Waals surface area contributed by atoms with Crippen molar-refractivity contribution in [3.8, 4) is 5.75 Å². The Kier molecular flexibility index (Phi) is 8.15. The Bertz CT molecular complexity index is 920. The minimum Gasteiger partial charge on any atom is -0.497 e. The van der Waals surface area contributed by atoms with E-state index in [1.807, 2.05) is 20.8 Å². The molecule has 0 spiro atoms. The summed E-state index contributed by atoms with van der Waals surface area (Å²) in [6, 6.07) is 13.7. The van der Waals surface area contributed by atoms with E-state index in [1.165, 1.54) is 0 Å². The summed E-state index contributed by atoms with van der Waals surface area (Å²) in [5, 5.41) is 8.46. The fourth-order valence-electron chi connectivity index (χ4n) is 2.93. The number of anilines is 2. The number of benzene rings is 2. The summed E-state index contributed by atoms with van der Waals surface area (Å²) in [6.45, 7) is 5.97. The SMILES string of the molecule is COc1ccc(NC(=O)c2ccccc2NC(=O)C[NH+](C)CC(=O)NC(C)(C)C)cc1. The van der Waals surface area contributed by atoms with E-state index in [2.05, 4.69) is 16.0 Å². The van der Waals surface area contributed by atoms with Gasteiger partial charge in [0, 0.05) is 11.2 Å². The van der Waals surface area contributed by atoms with Crippen molar-refractivity contribution in [2.24, 2.45) is 0 Å². The smallest absolute Gasteiger partial charge is 0.279 e. The average molecular weight is 428 g/mol. The lowest BCUT2D eigenvalue weighted by molar-refractivity contribution is -0.862. The number of carbonyl (C=O) groups excluding carboxylic acids is 3. The highest BCUT2D eigenvalue weighted by Gasteiger charge is 2.20. The summed E-state index contributed by atoms with van der Waals surface area (Å²) in [7, 11) is 3.34. The van der Waals surface area contributed by atoms with Crippen molar-refractivity contribution >= 4 is 29.1 Å². The number of ether oxygens (including phenoxy) is 1. The molecule has 0 aliphatic carbocycles. The van der Waals surface area contributed by atoms with Gasteiger partial charge in [0.1, 0.15) is 5.75 Å². The summed E-state index contributed by atoms with van der Waals surface area (Å²) >= 11 is 0. The lowest BCUT2D eigenvalue weighted by atomic mass is 10.1. The van der Waals surface area contributed by atoms with Gasteiger partial charge in [-0.05, 0) is 57.2 Å². The van der Waals surface area contributed by atoms with Crippen molar-refractivity contribution in [2.45, 2.75) is 26.3 Å². The van der Waals surface area contributed by atoms with E-state index in [0.717, 1.165) is 4.90 Å². The molecule has 166 valence electrons. The first kappa shape index (κ1) is 23.9. The van der Waals surface area contributed by atoms with Crippen LogP contribution in [0.25, 0.3) is 0 Å². The molecule has 3 amide bonds. The monoisotopic (exact) mass is 427 g/mol. The molecule has 2 aromatic carbocycles. The van der Waals surface area contributed by atoms with Gasteiger partial charge in [0.2, 0.25) is 0 Å². The molecular formula is C23H31N4O4+. The molecule has 2 rings (SSSR count). The fraction of sp³-hybridized carbons (Fsp3) is 0.348. The molecule has 0 heterocycles. The van der Waals surface area contributed by atoms with Gasteiger partial charge < -0.3 is 25.6 Å². The second kappa shape index (κ2) is 10.6. The van der Waals surface area contributed by atoms with E-state index in [-0.39, 0.29) is 36.3 Å². The maximum atomic E-state index is 12.7. The van der Waals surface area contributed by atoms with E-state index in [1.54, 1.807) is 62.7 Å². The second-order valence-electron chi connectivity index (χ2n) is 8.39. The maximum Gasteiger partial charge on any atom is 0.279 e. The highest BCUT2D eigenvalue weighted by molar-refractivity contribution is 6.10. The Labute approximate surface area is 183 Å². The summed E-state index contributed by atoms with van der Waals surface area (Å²) in [6.07, 6.45) is 0. The number of carbonyl (C=O) groups is 3. The van der Waals surface area contributed by atoms with Gasteiger partial charge in [-0.2, -0.15) is 0 Å². The molecule has 0 fully saturated rings. The van der Waals surface area contributed by atoms with E-state index in [4.69, 9.17) is 4.74 Å². The van der Waals surface area contributed by atoms with Crippen LogP contribution in [0.1, 0.15) is 31.1 Å². The number of hydrogen-bond acceptors (Lipinski definition) is 4. The zero-order chi connectivity index (χ0) is 23.0. The Balaban J connectivity index is 1.98. The number of amides is 3. The maximum absolute atomic E-state index is 12.7. The Morgan fingerprint density at radius 2 is 1.52 bits per heavy atom. The van der Waals surface area contributed by atoms with Gasteiger partial charge in [-0.3, -0.25) is 14.4 Å². The molecule has 8 heteroatoms. The summed E-state index contributed by atoms with van der Waals surface area (Å²) in [4.78, 5) is 38.0. The highest BCUT2D eigenvalue weighted by Crippen LogP contribution is 2.19. The predicted octanol–water partition coefficient (Wildman–Crippen LogP) is 1.32. The minimum atomic E-state index is -0.341. The van der Waals surface area contributed by atoms with Crippen molar-refractivity contribution in [2.75, 3.05) is 37.9 Å². The van der Waals surface area contributed by atoms with Crippen LogP contribution in [0.3, 0.4) is 0 Å². The van der Waals surface area contributed by atoms with Crippen molar-refractivity contribution in [1.29, 1.82) is 0 Å². The molecule has 31 heavy (non-hydrogen) atoms. The normalized spacial score (nSPS) is 11.9. The Morgan fingerprint density at radius 3 is 2.13 bits per heavy atom. The number of para-hydroxylation sites is 1. The third kappa shape index (κ3) is 8.10. The molecule has 0 aromatic heterocycles. The summed E-state index contributed by atoms with van der Waals surface area (Å²) in [5.74, 6) is -0.0670. The fourth-order valence-corrected chi connectivity index (χ4v) is 2.93. The molecule has 0 bridgehead atoms. The van der Waals surface area contributed by atoms with Crippen LogP contribution in [0, 0.1) is 0 Å². The number of hydrogen-bond donors (Lipinski definition) is 4. The standard InChI is InChI=1S/C23H30N4O4/c1-23(2,3)26-21(29)15-27(4)14-20(28)25-19-9-7-6-8-18(19)22(30)24-16-10-12-17(31-5)13-11-16/h6-13H,14-15H2,1-5H3,(H,24,30)(H,25,28)(H,26,29)/p+1. The first-order valence-electron chi connectivity index (χ1n) is 10.0. The predicted molar refractivity (Wildman–Crippen MR) is 121 cm³/mol. The molecule has 0 saturated heterocycles. The molecule has 4 N–H and O–H groups in total. The molecule has 0 aliphatic heterocycles. The summed E-state index contributed by atoms with van der Waals surface area (Å²) < 4.78 is 5.11. The van der Waals surface area contributed by atoms with Crippen LogP contribution in [0.2, 0.25) is 0 Å². The molecule has 0 aliphatic rings. The van der Waals surface area contributed by atoms with Crippen molar-refractivity contribution < 1.29 is 24.0 Å². The van der Waals surface area contributed by atoms with Crippen LogP contribution >= 0.6 is 0 Å². The van der Waals surface area contributed by atoms with Crippen LogP contribution in [0.15, 0.2) is 48.5 Å². The van der Waals surface area contributed by atoms with Gasteiger partial charge in [0.05, 0.1) is 25.4 Å². The van der Waals surface area contributed by atoms with Crippen LogP contribution in [0.4, 0.5) is 11.4 Å². The van der Waals surface area contributed by atoms with Gasteiger partial charge in [-0.25, -0.2) is 0 Å². The second-order valence-corrected chi connectivity index (χ2v) is 8.39.